The largest absolute Gasteiger partial charge is 0.573 e. The van der Waals surface area contributed by atoms with E-state index >= 15 is 0 Å². The van der Waals surface area contributed by atoms with E-state index in [1.54, 1.807) is 0 Å². The number of aryl methyl sites for hydroxylation is 1. The van der Waals surface area contributed by atoms with E-state index in [9.17, 15) is 18.4 Å². The Hall–Kier alpha value is -3.15. The fraction of sp³-hybridized carbons (Fsp3) is 0.250. The zero-order valence-corrected chi connectivity index (χ0v) is 13.0. The van der Waals surface area contributed by atoms with E-state index < -0.39 is 12.3 Å². The third-order valence-electron chi connectivity index (χ3n) is 3.82. The number of nitrogens with zero attached hydrogens (tertiary/aromatic N) is 2. The van der Waals surface area contributed by atoms with Gasteiger partial charge in [0.2, 0.25) is 11.8 Å². The number of nitrogens with two attached hydrogens (primary N) is 1. The second kappa shape index (κ2) is 6.05. The number of benzene rings is 1. The van der Waals surface area contributed by atoms with Crippen molar-refractivity contribution in [2.45, 2.75) is 25.6 Å². The van der Waals surface area contributed by atoms with E-state index in [0.717, 1.165) is 5.69 Å². The molecule has 0 amide bonds. The smallest absolute Gasteiger partial charge is 0.420 e. The van der Waals surface area contributed by atoms with Crippen LogP contribution < -0.4 is 15.2 Å². The minimum atomic E-state index is -4.77. The molecule has 25 heavy (non-hydrogen) atoms. The monoisotopic (exact) mass is 350 g/mol. The number of ether oxygens (including phenoxy) is 2. The van der Waals surface area contributed by atoms with Crippen molar-refractivity contribution in [3.63, 3.8) is 0 Å². The normalized spacial score (nSPS) is 16.8. The van der Waals surface area contributed by atoms with Gasteiger partial charge in [-0.05, 0) is 24.1 Å². The first kappa shape index (κ1) is 16.7. The Labute approximate surface area is 140 Å². The molecule has 0 saturated heterocycles. The van der Waals surface area contributed by atoms with Crippen LogP contribution in [0.5, 0.6) is 11.6 Å². The molecule has 0 radical (unpaired) electrons. The summed E-state index contributed by atoms with van der Waals surface area (Å²) in [5.74, 6) is -0.747. The number of hydrogen-bond acceptors (Lipinski definition) is 5. The number of halogens is 3. The van der Waals surface area contributed by atoms with Crippen LogP contribution in [0, 0.1) is 11.3 Å². The molecule has 1 aliphatic rings. The third kappa shape index (κ3) is 3.10. The van der Waals surface area contributed by atoms with Crippen LogP contribution in [0.2, 0.25) is 0 Å². The van der Waals surface area contributed by atoms with Crippen LogP contribution in [0.25, 0.3) is 0 Å². The van der Waals surface area contributed by atoms with Crippen molar-refractivity contribution in [2.24, 2.45) is 5.73 Å². The summed E-state index contributed by atoms with van der Waals surface area (Å²) in [6, 6.07) is 7.30. The Bertz CT molecular complexity index is 863. The number of alkyl halides is 3. The molecule has 0 aliphatic carbocycles. The maximum atomic E-state index is 12.3. The van der Waals surface area contributed by atoms with Gasteiger partial charge < -0.3 is 15.2 Å². The number of H-pyrrole nitrogens is 1. The molecule has 9 heteroatoms. The lowest BCUT2D eigenvalue weighted by molar-refractivity contribution is -0.274. The average Bonchev–Trinajstić information content (AvgIpc) is 2.95. The molecule has 2 heterocycles. The predicted octanol–water partition coefficient (Wildman–Crippen LogP) is 3.09. The molecular formula is C16H13F3N4O2. The molecule has 0 fully saturated rings. The van der Waals surface area contributed by atoms with Gasteiger partial charge in [-0.15, -0.1) is 18.3 Å². The van der Waals surface area contributed by atoms with Gasteiger partial charge >= 0.3 is 6.36 Å². The van der Waals surface area contributed by atoms with Crippen LogP contribution >= 0.6 is 0 Å². The Morgan fingerprint density at radius 1 is 1.36 bits per heavy atom. The number of nitriles is 1. The lowest BCUT2D eigenvalue weighted by Crippen LogP contribution is -2.21. The lowest BCUT2D eigenvalue weighted by atomic mass is 9.83. The Morgan fingerprint density at radius 3 is 2.60 bits per heavy atom. The molecule has 2 aromatic rings. The van der Waals surface area contributed by atoms with Gasteiger partial charge in [-0.25, -0.2) is 0 Å². The fourth-order valence-electron chi connectivity index (χ4n) is 2.77. The number of hydrogen-bond donors (Lipinski definition) is 2. The lowest BCUT2D eigenvalue weighted by Gasteiger charge is -2.24. The zero-order chi connectivity index (χ0) is 18.2. The highest BCUT2D eigenvalue weighted by atomic mass is 19.4. The number of aromatic nitrogens is 2. The van der Waals surface area contributed by atoms with Gasteiger partial charge in [0.25, 0.3) is 0 Å². The third-order valence-corrected chi connectivity index (χ3v) is 3.82. The van der Waals surface area contributed by atoms with Gasteiger partial charge in [-0.3, -0.25) is 5.10 Å². The summed E-state index contributed by atoms with van der Waals surface area (Å²) in [6.07, 6.45) is -4.16. The van der Waals surface area contributed by atoms with Crippen LogP contribution in [0.4, 0.5) is 13.2 Å². The van der Waals surface area contributed by atoms with Crippen LogP contribution in [0.1, 0.15) is 29.7 Å². The van der Waals surface area contributed by atoms with Crippen LogP contribution in [0.3, 0.4) is 0 Å². The summed E-state index contributed by atoms with van der Waals surface area (Å²) in [7, 11) is 0. The van der Waals surface area contributed by atoms with Gasteiger partial charge in [0.1, 0.15) is 17.4 Å². The number of allylic oxidation sites excluding steroid dienone is 1. The van der Waals surface area contributed by atoms with E-state index in [4.69, 9.17) is 10.5 Å². The number of rotatable bonds is 3. The van der Waals surface area contributed by atoms with Gasteiger partial charge in [0.15, 0.2) is 0 Å². The first-order valence-electron chi connectivity index (χ1n) is 7.34. The van der Waals surface area contributed by atoms with Gasteiger partial charge in [0, 0.05) is 11.3 Å². The summed E-state index contributed by atoms with van der Waals surface area (Å²) in [5.41, 5.74) is 7.97. The molecule has 3 N–H and O–H groups in total. The van der Waals surface area contributed by atoms with E-state index in [0.29, 0.717) is 17.5 Å². The van der Waals surface area contributed by atoms with Crippen LogP contribution in [-0.4, -0.2) is 16.6 Å². The molecular weight excluding hydrogens is 337 g/mol. The summed E-state index contributed by atoms with van der Waals surface area (Å²) in [4.78, 5) is 0. The van der Waals surface area contributed by atoms with E-state index in [2.05, 4.69) is 14.9 Å². The van der Waals surface area contributed by atoms with Crippen molar-refractivity contribution in [1.82, 2.24) is 10.2 Å². The zero-order valence-electron chi connectivity index (χ0n) is 13.0. The SMILES string of the molecule is CCc1[nH]nc2c1C(c1ccc(OC(F)(F)F)cc1)C(C#N)=C(N)O2. The first-order chi connectivity index (χ1) is 11.8. The van der Waals surface area contributed by atoms with Crippen molar-refractivity contribution in [3.05, 3.63) is 52.5 Å². The van der Waals surface area contributed by atoms with E-state index in [-0.39, 0.29) is 23.1 Å². The summed E-state index contributed by atoms with van der Waals surface area (Å²) in [5, 5.41) is 16.3. The first-order valence-corrected chi connectivity index (χ1v) is 7.34. The highest BCUT2D eigenvalue weighted by Crippen LogP contribution is 2.43. The molecule has 1 atom stereocenters. The molecule has 0 saturated carbocycles. The minimum Gasteiger partial charge on any atom is -0.420 e. The number of fused-ring (bicyclic) bond motifs is 1. The fourth-order valence-corrected chi connectivity index (χ4v) is 2.77. The Morgan fingerprint density at radius 2 is 2.04 bits per heavy atom. The Kier molecular flexibility index (Phi) is 4.04. The molecule has 1 aromatic heterocycles. The quantitative estimate of drug-likeness (QED) is 0.887. The maximum Gasteiger partial charge on any atom is 0.573 e. The topological polar surface area (TPSA) is 97.0 Å². The van der Waals surface area contributed by atoms with Crippen molar-refractivity contribution in [2.75, 3.05) is 0 Å². The molecule has 1 aromatic carbocycles. The summed E-state index contributed by atoms with van der Waals surface area (Å²) in [6.45, 7) is 1.90. The van der Waals surface area contributed by atoms with Gasteiger partial charge in [-0.1, -0.05) is 19.1 Å². The van der Waals surface area contributed by atoms with Crippen molar-refractivity contribution in [3.8, 4) is 17.7 Å². The molecule has 130 valence electrons. The van der Waals surface area contributed by atoms with Crippen molar-refractivity contribution >= 4 is 0 Å². The molecule has 6 nitrogen and oxygen atoms in total. The van der Waals surface area contributed by atoms with Crippen LogP contribution in [0.15, 0.2) is 35.7 Å². The summed E-state index contributed by atoms with van der Waals surface area (Å²) < 4.78 is 46.2. The second-order valence-electron chi connectivity index (χ2n) is 5.32. The highest BCUT2D eigenvalue weighted by Gasteiger charge is 2.35. The maximum absolute atomic E-state index is 12.3. The molecule has 1 aliphatic heterocycles. The van der Waals surface area contributed by atoms with Crippen molar-refractivity contribution < 1.29 is 22.6 Å². The number of nitrogens with one attached hydrogen (secondary N) is 1. The van der Waals surface area contributed by atoms with Gasteiger partial charge in [0.05, 0.1) is 5.92 Å². The van der Waals surface area contributed by atoms with Crippen molar-refractivity contribution in [1.29, 1.82) is 5.26 Å². The number of aromatic amines is 1. The molecule has 1 unspecified atom stereocenters. The average molecular weight is 350 g/mol. The van der Waals surface area contributed by atoms with Gasteiger partial charge in [-0.2, -0.15) is 5.26 Å². The van der Waals surface area contributed by atoms with Crippen LogP contribution in [-0.2, 0) is 6.42 Å². The molecule has 3 rings (SSSR count). The standard InChI is InChI=1S/C16H13F3N4O2/c1-2-11-13-12(10(7-20)14(21)24-15(13)23-22-11)8-3-5-9(6-4-8)25-16(17,18)19/h3-6,12H,2,21H2,1H3,(H,22,23). The highest BCUT2D eigenvalue weighted by molar-refractivity contribution is 5.55. The predicted molar refractivity (Wildman–Crippen MR) is 80.4 cm³/mol. The van der Waals surface area contributed by atoms with E-state index in [1.165, 1.54) is 24.3 Å². The second-order valence-corrected chi connectivity index (χ2v) is 5.32. The summed E-state index contributed by atoms with van der Waals surface area (Å²) >= 11 is 0. The minimum absolute atomic E-state index is 0.0789. The Balaban J connectivity index is 2.05. The molecule has 0 bridgehead atoms. The van der Waals surface area contributed by atoms with E-state index in [1.807, 2.05) is 13.0 Å². The molecule has 0 spiro atoms.